The third-order valence-electron chi connectivity index (χ3n) is 4.09. The minimum Gasteiger partial charge on any atom is -0.466 e. The van der Waals surface area contributed by atoms with Crippen LogP contribution < -0.4 is 5.32 Å². The molecule has 1 saturated carbocycles. The number of carbonyl (C=O) groups excluding carboxylic acids is 1. The normalized spacial score (nSPS) is 14.0. The lowest BCUT2D eigenvalue weighted by molar-refractivity contribution is -0.143. The number of carbonyl (C=O) groups is 1. The molecule has 148 valence electrons. The van der Waals surface area contributed by atoms with E-state index in [1.807, 2.05) is 21.0 Å². The Morgan fingerprint density at radius 1 is 1.24 bits per heavy atom. The van der Waals surface area contributed by atoms with E-state index in [0.29, 0.717) is 13.0 Å². The lowest BCUT2D eigenvalue weighted by Gasteiger charge is -2.22. The van der Waals surface area contributed by atoms with Gasteiger partial charge in [-0.05, 0) is 38.5 Å². The molecule has 0 heterocycles. The second kappa shape index (κ2) is 15.7. The zero-order chi connectivity index (χ0) is 17.6. The summed E-state index contributed by atoms with van der Waals surface area (Å²) in [5.41, 5.74) is 0. The Morgan fingerprint density at radius 3 is 2.60 bits per heavy atom. The fraction of sp³-hybridized carbons (Fsp3) is 0.889. The van der Waals surface area contributed by atoms with Crippen molar-refractivity contribution in [1.82, 2.24) is 10.2 Å². The SMILES string of the molecule is CCOC(=O)CCCCCCNC(=NC)N(C)CCOCC1CC1.I. The second-order valence-corrected chi connectivity index (χ2v) is 6.38. The summed E-state index contributed by atoms with van der Waals surface area (Å²) in [5.74, 6) is 1.65. The second-order valence-electron chi connectivity index (χ2n) is 6.38. The number of rotatable bonds is 13. The highest BCUT2D eigenvalue weighted by Crippen LogP contribution is 2.28. The van der Waals surface area contributed by atoms with Crippen LogP contribution in [-0.4, -0.2) is 63.8 Å². The maximum Gasteiger partial charge on any atom is 0.305 e. The van der Waals surface area contributed by atoms with Crippen molar-refractivity contribution in [2.45, 2.75) is 51.9 Å². The van der Waals surface area contributed by atoms with Crippen molar-refractivity contribution < 1.29 is 14.3 Å². The van der Waals surface area contributed by atoms with Gasteiger partial charge in [0.05, 0.1) is 13.2 Å². The van der Waals surface area contributed by atoms with E-state index in [-0.39, 0.29) is 29.9 Å². The first-order chi connectivity index (χ1) is 11.7. The van der Waals surface area contributed by atoms with E-state index in [4.69, 9.17) is 9.47 Å². The van der Waals surface area contributed by atoms with Crippen molar-refractivity contribution in [1.29, 1.82) is 0 Å². The number of likely N-dealkylation sites (N-methyl/N-ethyl adjacent to an activating group) is 1. The maximum absolute atomic E-state index is 11.2. The van der Waals surface area contributed by atoms with E-state index >= 15 is 0 Å². The number of esters is 1. The number of ether oxygens (including phenoxy) is 2. The third kappa shape index (κ3) is 13.3. The Hall–Kier alpha value is -0.570. The van der Waals surface area contributed by atoms with Gasteiger partial charge in [0.25, 0.3) is 0 Å². The summed E-state index contributed by atoms with van der Waals surface area (Å²) >= 11 is 0. The van der Waals surface area contributed by atoms with Crippen LogP contribution in [0.2, 0.25) is 0 Å². The molecule has 0 saturated heterocycles. The van der Waals surface area contributed by atoms with Crippen LogP contribution in [0.1, 0.15) is 51.9 Å². The van der Waals surface area contributed by atoms with Crippen LogP contribution in [0, 0.1) is 5.92 Å². The molecule has 6 nitrogen and oxygen atoms in total. The number of guanidine groups is 1. The number of halogens is 1. The molecule has 0 spiro atoms. The average Bonchev–Trinajstić information content (AvgIpc) is 3.38. The van der Waals surface area contributed by atoms with Crippen LogP contribution in [-0.2, 0) is 14.3 Å². The first kappa shape index (κ1) is 24.4. The largest absolute Gasteiger partial charge is 0.466 e. The molecule has 0 aliphatic heterocycles. The van der Waals surface area contributed by atoms with Gasteiger partial charge in [0.2, 0.25) is 0 Å². The summed E-state index contributed by atoms with van der Waals surface area (Å²) in [6.45, 7) is 5.73. The fourth-order valence-corrected chi connectivity index (χ4v) is 2.41. The summed E-state index contributed by atoms with van der Waals surface area (Å²) in [6, 6.07) is 0. The highest BCUT2D eigenvalue weighted by Gasteiger charge is 2.21. The highest BCUT2D eigenvalue weighted by molar-refractivity contribution is 14.0. The van der Waals surface area contributed by atoms with E-state index in [1.165, 1.54) is 12.8 Å². The molecule has 0 unspecified atom stereocenters. The molecule has 1 fully saturated rings. The van der Waals surface area contributed by atoms with E-state index in [0.717, 1.165) is 63.9 Å². The van der Waals surface area contributed by atoms with Gasteiger partial charge in [0.1, 0.15) is 0 Å². The van der Waals surface area contributed by atoms with Crippen molar-refractivity contribution in [2.75, 3.05) is 47.0 Å². The Morgan fingerprint density at radius 2 is 1.96 bits per heavy atom. The Labute approximate surface area is 170 Å². The molecule has 0 radical (unpaired) electrons. The fourth-order valence-electron chi connectivity index (χ4n) is 2.41. The molecule has 1 aliphatic carbocycles. The van der Waals surface area contributed by atoms with Crippen LogP contribution in [0.15, 0.2) is 4.99 Å². The van der Waals surface area contributed by atoms with Crippen molar-refractivity contribution in [3.8, 4) is 0 Å². The van der Waals surface area contributed by atoms with Gasteiger partial charge in [0.15, 0.2) is 5.96 Å². The topological polar surface area (TPSA) is 63.2 Å². The molecular weight excluding hydrogens is 433 g/mol. The van der Waals surface area contributed by atoms with E-state index in [9.17, 15) is 4.79 Å². The Kier molecular flexibility index (Phi) is 15.3. The quantitative estimate of drug-likeness (QED) is 0.148. The predicted molar refractivity (Wildman–Crippen MR) is 113 cm³/mol. The molecule has 0 amide bonds. The number of nitrogens with zero attached hydrogens (tertiary/aromatic N) is 2. The van der Waals surface area contributed by atoms with Crippen molar-refractivity contribution in [3.63, 3.8) is 0 Å². The molecule has 0 aromatic rings. The monoisotopic (exact) mass is 469 g/mol. The lowest BCUT2D eigenvalue weighted by Crippen LogP contribution is -2.40. The Balaban J connectivity index is 0.00000576. The van der Waals surface area contributed by atoms with Gasteiger partial charge in [-0.15, -0.1) is 24.0 Å². The molecule has 25 heavy (non-hydrogen) atoms. The molecule has 0 aromatic heterocycles. The van der Waals surface area contributed by atoms with Gasteiger partial charge >= 0.3 is 5.97 Å². The van der Waals surface area contributed by atoms with Crippen molar-refractivity contribution in [3.05, 3.63) is 0 Å². The lowest BCUT2D eigenvalue weighted by atomic mass is 10.1. The number of unbranched alkanes of at least 4 members (excludes halogenated alkanes) is 3. The number of hydrogen-bond acceptors (Lipinski definition) is 4. The molecule has 0 atom stereocenters. The van der Waals surface area contributed by atoms with Gasteiger partial charge < -0.3 is 19.7 Å². The molecular formula is C18H36IN3O3. The summed E-state index contributed by atoms with van der Waals surface area (Å²) < 4.78 is 10.6. The van der Waals surface area contributed by atoms with Crippen molar-refractivity contribution in [2.24, 2.45) is 10.9 Å². The predicted octanol–water partition coefficient (Wildman–Crippen LogP) is 3.05. The molecule has 0 bridgehead atoms. The minimum absolute atomic E-state index is 0. The molecule has 1 rings (SSSR count). The highest BCUT2D eigenvalue weighted by atomic mass is 127. The van der Waals surface area contributed by atoms with Crippen molar-refractivity contribution >= 4 is 35.9 Å². The minimum atomic E-state index is -0.0819. The van der Waals surface area contributed by atoms with Gasteiger partial charge in [-0.1, -0.05) is 12.8 Å². The third-order valence-corrected chi connectivity index (χ3v) is 4.09. The summed E-state index contributed by atoms with van der Waals surface area (Å²) in [7, 11) is 3.85. The number of nitrogens with one attached hydrogen (secondary N) is 1. The van der Waals surface area contributed by atoms with E-state index in [2.05, 4.69) is 15.2 Å². The first-order valence-electron chi connectivity index (χ1n) is 9.32. The van der Waals surface area contributed by atoms with Gasteiger partial charge in [-0.25, -0.2) is 0 Å². The summed E-state index contributed by atoms with van der Waals surface area (Å²) in [4.78, 5) is 17.6. The zero-order valence-electron chi connectivity index (χ0n) is 16.1. The van der Waals surface area contributed by atoms with Crippen LogP contribution in [0.25, 0.3) is 0 Å². The summed E-state index contributed by atoms with van der Waals surface area (Å²) in [5, 5.41) is 3.38. The van der Waals surface area contributed by atoms with E-state index in [1.54, 1.807) is 0 Å². The van der Waals surface area contributed by atoms with E-state index < -0.39 is 0 Å². The first-order valence-corrected chi connectivity index (χ1v) is 9.32. The zero-order valence-corrected chi connectivity index (χ0v) is 18.4. The van der Waals surface area contributed by atoms with Crippen LogP contribution in [0.4, 0.5) is 0 Å². The van der Waals surface area contributed by atoms with Crippen LogP contribution >= 0.6 is 24.0 Å². The maximum atomic E-state index is 11.2. The number of aliphatic imine (C=N–C) groups is 1. The number of hydrogen-bond donors (Lipinski definition) is 1. The average molecular weight is 469 g/mol. The summed E-state index contributed by atoms with van der Waals surface area (Å²) in [6.07, 6.45) is 7.35. The molecule has 1 N–H and O–H groups in total. The molecule has 1 aliphatic rings. The van der Waals surface area contributed by atoms with Crippen LogP contribution in [0.3, 0.4) is 0 Å². The smallest absolute Gasteiger partial charge is 0.305 e. The van der Waals surface area contributed by atoms with Crippen LogP contribution in [0.5, 0.6) is 0 Å². The molecule has 7 heteroatoms. The standard InChI is InChI=1S/C18H35N3O3.HI/c1-4-24-17(22)9-7-5-6-8-12-20-18(19-2)21(3)13-14-23-15-16-10-11-16;/h16H,4-15H2,1-3H3,(H,19,20);1H. The van der Waals surface area contributed by atoms with Gasteiger partial charge in [-0.3, -0.25) is 9.79 Å². The Bertz CT molecular complexity index is 377. The molecule has 0 aromatic carbocycles. The van der Waals surface area contributed by atoms with Gasteiger partial charge in [-0.2, -0.15) is 0 Å². The van der Waals surface area contributed by atoms with Gasteiger partial charge in [0, 0.05) is 40.2 Å².